The Kier molecular flexibility index (Phi) is 29.6. The van der Waals surface area contributed by atoms with Crippen molar-refractivity contribution >= 4 is 47.6 Å². The molecular formula is C51H74N4O19. The first-order valence-electron chi connectivity index (χ1n) is 24.6. The summed E-state index contributed by atoms with van der Waals surface area (Å²) in [5, 5.41) is 8.14. The molecule has 3 amide bonds. The molecule has 0 radical (unpaired) electrons. The average molecular weight is 1050 g/mol. The molecule has 1 heterocycles. The minimum Gasteiger partial charge on any atom is -0.465 e. The second-order valence-corrected chi connectivity index (χ2v) is 16.9. The molecule has 23 heteroatoms. The van der Waals surface area contributed by atoms with E-state index in [2.05, 4.69) is 16.0 Å². The van der Waals surface area contributed by atoms with E-state index in [-0.39, 0.29) is 32.0 Å². The van der Waals surface area contributed by atoms with Gasteiger partial charge < -0.3 is 73.8 Å². The normalized spacial score (nSPS) is 17.9. The zero-order valence-corrected chi connectivity index (χ0v) is 43.1. The van der Waals surface area contributed by atoms with Crippen LogP contribution in [0.25, 0.3) is 11.1 Å². The van der Waals surface area contributed by atoms with E-state index < -0.39 is 97.5 Å². The maximum absolute atomic E-state index is 13.9. The number of hydrogen-bond acceptors (Lipinski definition) is 20. The van der Waals surface area contributed by atoms with Gasteiger partial charge in [0.25, 0.3) is 11.7 Å². The Morgan fingerprint density at radius 1 is 0.662 bits per heavy atom. The molecule has 2 aromatic rings. The van der Waals surface area contributed by atoms with Crippen molar-refractivity contribution in [2.24, 2.45) is 5.73 Å². The highest BCUT2D eigenvalue weighted by Crippen LogP contribution is 2.37. The lowest BCUT2D eigenvalue weighted by molar-refractivity contribution is -0.313. The standard InChI is InChI=1S/C51H74N4O19/c1-35(56)69-34-46(62)55-47-42(71-36(2)57)32-51(50(63)64-5,70-22-12-7-6-11-21-53-44(60)19-23-65-25-27-67-29-30-68-28-26-66-24-20-52)74-49(47)48(73-38(4)59)43(72-37(3)58)33-54-45(61)31-39-15-17-41(18-16-39)40-13-9-8-10-14-40/h8-10,13-18,42-43,47-49H,6-7,11-12,19-34,52H2,1-5H3,(H,53,60)(H,54,61)(H,55,62)/t42-,43+,47+,48+,49+,51+/m0/s1. The predicted molar refractivity (Wildman–Crippen MR) is 262 cm³/mol. The number of unbranched alkanes of at least 4 members (excludes halogenated alkanes) is 3. The van der Waals surface area contributed by atoms with Crippen molar-refractivity contribution < 1.29 is 90.5 Å². The lowest BCUT2D eigenvalue weighted by Gasteiger charge is -2.48. The first-order chi connectivity index (χ1) is 35.6. The summed E-state index contributed by atoms with van der Waals surface area (Å²) in [6, 6.07) is 15.4. The van der Waals surface area contributed by atoms with Crippen LogP contribution in [0.5, 0.6) is 0 Å². The molecule has 1 aliphatic heterocycles. The molecule has 0 aliphatic carbocycles. The van der Waals surface area contributed by atoms with Crippen molar-refractivity contribution in [2.75, 3.05) is 92.8 Å². The number of amides is 3. The van der Waals surface area contributed by atoms with Crippen LogP contribution in [0.15, 0.2) is 54.6 Å². The molecule has 0 spiro atoms. The van der Waals surface area contributed by atoms with Gasteiger partial charge in [0.15, 0.2) is 18.8 Å². The number of methoxy groups -OCH3 is 1. The molecule has 412 valence electrons. The molecule has 3 rings (SSSR count). The molecule has 0 bridgehead atoms. The molecule has 0 saturated carbocycles. The van der Waals surface area contributed by atoms with E-state index in [4.69, 9.17) is 57.8 Å². The zero-order valence-electron chi connectivity index (χ0n) is 43.1. The number of ether oxygens (including phenoxy) is 11. The Bertz CT molecular complexity index is 2040. The number of nitrogens with two attached hydrogens (primary N) is 1. The maximum Gasteiger partial charge on any atom is 0.366 e. The molecule has 1 fully saturated rings. The third-order valence-corrected chi connectivity index (χ3v) is 10.9. The Morgan fingerprint density at radius 3 is 1.86 bits per heavy atom. The molecule has 23 nitrogen and oxygen atoms in total. The van der Waals surface area contributed by atoms with Crippen LogP contribution in [0.3, 0.4) is 0 Å². The largest absolute Gasteiger partial charge is 0.465 e. The number of hydrogen-bond donors (Lipinski definition) is 4. The summed E-state index contributed by atoms with van der Waals surface area (Å²) in [5.41, 5.74) is 7.93. The van der Waals surface area contributed by atoms with E-state index in [1.54, 1.807) is 12.1 Å². The monoisotopic (exact) mass is 1050 g/mol. The van der Waals surface area contributed by atoms with Crippen LogP contribution >= 0.6 is 0 Å². The molecular weight excluding hydrogens is 973 g/mol. The summed E-state index contributed by atoms with van der Waals surface area (Å²) in [5.74, 6) is -8.54. The predicted octanol–water partition coefficient (Wildman–Crippen LogP) is 1.62. The fourth-order valence-corrected chi connectivity index (χ4v) is 7.59. The van der Waals surface area contributed by atoms with Gasteiger partial charge in [-0.2, -0.15) is 0 Å². The molecule has 0 unspecified atom stereocenters. The van der Waals surface area contributed by atoms with Gasteiger partial charge in [-0.1, -0.05) is 67.4 Å². The molecule has 2 aromatic carbocycles. The number of nitrogens with one attached hydrogen (secondary N) is 3. The molecule has 6 atom stereocenters. The first-order valence-corrected chi connectivity index (χ1v) is 24.6. The topological polar surface area (TPSA) is 300 Å². The van der Waals surface area contributed by atoms with Crippen molar-refractivity contribution in [1.82, 2.24) is 16.0 Å². The van der Waals surface area contributed by atoms with E-state index in [0.29, 0.717) is 90.6 Å². The minimum absolute atomic E-state index is 0.101. The Balaban J connectivity index is 1.70. The van der Waals surface area contributed by atoms with E-state index in [9.17, 15) is 38.4 Å². The molecule has 5 N–H and O–H groups in total. The lowest BCUT2D eigenvalue weighted by atomic mass is 9.87. The van der Waals surface area contributed by atoms with Crippen LogP contribution in [0.4, 0.5) is 0 Å². The Hall–Kier alpha value is -6.08. The number of rotatable bonds is 36. The quantitative estimate of drug-likeness (QED) is 0.0428. The van der Waals surface area contributed by atoms with Gasteiger partial charge in [0.05, 0.1) is 92.0 Å². The van der Waals surface area contributed by atoms with Crippen LogP contribution in [-0.4, -0.2) is 177 Å². The second-order valence-electron chi connectivity index (χ2n) is 16.9. The van der Waals surface area contributed by atoms with Crippen molar-refractivity contribution in [1.29, 1.82) is 0 Å². The van der Waals surface area contributed by atoms with Gasteiger partial charge in [0.1, 0.15) is 12.2 Å². The fourth-order valence-electron chi connectivity index (χ4n) is 7.59. The first kappa shape index (κ1) is 62.2. The lowest BCUT2D eigenvalue weighted by Crippen LogP contribution is -2.70. The summed E-state index contributed by atoms with van der Waals surface area (Å²) in [6.45, 7) is 6.88. The van der Waals surface area contributed by atoms with Crippen LogP contribution in [-0.2, 0) is 96.9 Å². The SMILES string of the molecule is COC(=O)[C@@]1(OCCCCCCNC(=O)CCOCCOCCOCCOCCN)C[C@H](OC(C)=O)[C@@H](NC(=O)COC(C)=O)[C@H]([C@H](OC(C)=O)[C@@H](CNC(=O)Cc2ccc(-c3ccccc3)cc2)OC(C)=O)O1. The number of carbonyl (C=O) groups excluding carboxylic acids is 8. The minimum atomic E-state index is -2.39. The summed E-state index contributed by atoms with van der Waals surface area (Å²) < 4.78 is 61.3. The van der Waals surface area contributed by atoms with Crippen LogP contribution in [0.2, 0.25) is 0 Å². The number of esters is 5. The van der Waals surface area contributed by atoms with Gasteiger partial charge in [-0.25, -0.2) is 4.79 Å². The third-order valence-electron chi connectivity index (χ3n) is 10.9. The summed E-state index contributed by atoms with van der Waals surface area (Å²) in [7, 11) is 1.06. The maximum atomic E-state index is 13.9. The molecule has 1 saturated heterocycles. The number of carbonyl (C=O) groups is 8. The Labute approximate surface area is 431 Å². The van der Waals surface area contributed by atoms with Crippen molar-refractivity contribution in [3.63, 3.8) is 0 Å². The number of benzene rings is 2. The molecule has 1 aliphatic rings. The van der Waals surface area contributed by atoms with Crippen LogP contribution in [0.1, 0.15) is 71.8 Å². The van der Waals surface area contributed by atoms with Gasteiger partial charge >= 0.3 is 29.8 Å². The van der Waals surface area contributed by atoms with Crippen LogP contribution < -0.4 is 21.7 Å². The molecule has 0 aromatic heterocycles. The van der Waals surface area contributed by atoms with Gasteiger partial charge in [0.2, 0.25) is 11.8 Å². The fraction of sp³-hybridized carbons (Fsp3) is 0.608. The summed E-state index contributed by atoms with van der Waals surface area (Å²) in [4.78, 5) is 103. The van der Waals surface area contributed by atoms with Crippen molar-refractivity contribution in [2.45, 2.75) is 109 Å². The third kappa shape index (κ3) is 24.3. The highest BCUT2D eigenvalue weighted by molar-refractivity contribution is 5.81. The Morgan fingerprint density at radius 2 is 1.27 bits per heavy atom. The second kappa shape index (κ2) is 35.2. The van der Waals surface area contributed by atoms with E-state index in [1.807, 2.05) is 42.5 Å². The van der Waals surface area contributed by atoms with Gasteiger partial charge in [-0.05, 0) is 29.5 Å². The summed E-state index contributed by atoms with van der Waals surface area (Å²) >= 11 is 0. The van der Waals surface area contributed by atoms with E-state index in [1.165, 1.54) is 0 Å². The van der Waals surface area contributed by atoms with Gasteiger partial charge in [-0.15, -0.1) is 0 Å². The van der Waals surface area contributed by atoms with E-state index >= 15 is 0 Å². The zero-order chi connectivity index (χ0) is 54.1. The molecule has 74 heavy (non-hydrogen) atoms. The van der Waals surface area contributed by atoms with Crippen molar-refractivity contribution in [3.05, 3.63) is 60.2 Å². The van der Waals surface area contributed by atoms with Gasteiger partial charge in [0, 0.05) is 47.2 Å². The van der Waals surface area contributed by atoms with Crippen molar-refractivity contribution in [3.8, 4) is 11.1 Å². The highest BCUT2D eigenvalue weighted by atomic mass is 16.7. The smallest absolute Gasteiger partial charge is 0.366 e. The average Bonchev–Trinajstić information content (AvgIpc) is 3.36. The van der Waals surface area contributed by atoms with E-state index in [0.717, 1.165) is 45.9 Å². The highest BCUT2D eigenvalue weighted by Gasteiger charge is 2.59. The van der Waals surface area contributed by atoms with Crippen LogP contribution in [0, 0.1) is 0 Å². The summed E-state index contributed by atoms with van der Waals surface area (Å²) in [6.07, 6.45) is -4.87. The van der Waals surface area contributed by atoms with Gasteiger partial charge in [-0.3, -0.25) is 33.6 Å².